The molecule has 12 nitrogen and oxygen atoms in total. The van der Waals surface area contributed by atoms with Crippen LogP contribution in [0.5, 0.6) is 5.88 Å². The van der Waals surface area contributed by atoms with E-state index in [0.29, 0.717) is 34.9 Å². The molecule has 0 atom stereocenters. The van der Waals surface area contributed by atoms with Crippen molar-refractivity contribution in [1.29, 1.82) is 0 Å². The summed E-state index contributed by atoms with van der Waals surface area (Å²) >= 11 is 7.39. The standard InChI is InChI=1S/C25H30ClN7O5S/c1-15(2)31-8-5-16(6-9-31)28-25(36)37-23-12-18(24(35)32-10-7-27-22(34)14-32)33(29-23)13-17-11-19(38-30-17)20-3-4-21(26)39-20/h3-4,11-12,15-16H,5-10,13-14H2,1-2H3,(H,27,34)(H,28,36). The van der Waals surface area contributed by atoms with E-state index < -0.39 is 12.0 Å². The highest BCUT2D eigenvalue weighted by Crippen LogP contribution is 2.31. The number of hydrogen-bond acceptors (Lipinski definition) is 9. The quantitative estimate of drug-likeness (QED) is 0.439. The summed E-state index contributed by atoms with van der Waals surface area (Å²) < 4.78 is 13.0. The Balaban J connectivity index is 1.31. The Morgan fingerprint density at radius 1 is 1.26 bits per heavy atom. The molecule has 2 saturated heterocycles. The van der Waals surface area contributed by atoms with Gasteiger partial charge in [-0.05, 0) is 38.8 Å². The zero-order chi connectivity index (χ0) is 27.5. The lowest BCUT2D eigenvalue weighted by Gasteiger charge is -2.34. The fourth-order valence-electron chi connectivity index (χ4n) is 4.66. The molecule has 0 radical (unpaired) electrons. The Hall–Kier alpha value is -3.42. The van der Waals surface area contributed by atoms with Crippen molar-refractivity contribution in [3.8, 4) is 16.5 Å². The zero-order valence-electron chi connectivity index (χ0n) is 21.7. The minimum atomic E-state index is -0.628. The second-order valence-electron chi connectivity index (χ2n) is 9.83. The van der Waals surface area contributed by atoms with Crippen LogP contribution in [-0.2, 0) is 11.3 Å². The van der Waals surface area contributed by atoms with Crippen molar-refractivity contribution in [3.63, 3.8) is 0 Å². The molecular formula is C25H30ClN7O5S. The largest absolute Gasteiger partial charge is 0.414 e. The zero-order valence-corrected chi connectivity index (χ0v) is 23.3. The van der Waals surface area contributed by atoms with Gasteiger partial charge in [-0.25, -0.2) is 9.48 Å². The van der Waals surface area contributed by atoms with E-state index in [9.17, 15) is 14.4 Å². The van der Waals surface area contributed by atoms with Gasteiger partial charge in [-0.1, -0.05) is 16.8 Å². The first kappa shape index (κ1) is 27.2. The van der Waals surface area contributed by atoms with Crippen LogP contribution >= 0.6 is 22.9 Å². The topological polar surface area (TPSA) is 135 Å². The normalized spacial score (nSPS) is 16.9. The van der Waals surface area contributed by atoms with Gasteiger partial charge in [-0.2, -0.15) is 0 Å². The monoisotopic (exact) mass is 575 g/mol. The lowest BCUT2D eigenvalue weighted by Crippen LogP contribution is -2.50. The highest BCUT2D eigenvalue weighted by Gasteiger charge is 2.28. The predicted octanol–water partition coefficient (Wildman–Crippen LogP) is 2.83. The number of nitrogens with one attached hydrogen (secondary N) is 2. The molecule has 2 fully saturated rings. The molecule has 3 amide bonds. The molecule has 0 saturated carbocycles. The predicted molar refractivity (Wildman–Crippen MR) is 144 cm³/mol. The van der Waals surface area contributed by atoms with E-state index in [1.807, 2.05) is 6.07 Å². The molecule has 5 rings (SSSR count). The van der Waals surface area contributed by atoms with Crippen LogP contribution in [0.15, 0.2) is 28.8 Å². The van der Waals surface area contributed by atoms with Crippen LogP contribution < -0.4 is 15.4 Å². The molecule has 2 aliphatic heterocycles. The average molecular weight is 576 g/mol. The number of carbonyl (C=O) groups excluding carboxylic acids is 3. The molecule has 14 heteroatoms. The lowest BCUT2D eigenvalue weighted by molar-refractivity contribution is -0.123. The Kier molecular flexibility index (Phi) is 8.19. The minimum absolute atomic E-state index is 0.00172. The van der Waals surface area contributed by atoms with E-state index in [2.05, 4.69) is 39.6 Å². The Bertz CT molecular complexity index is 1340. The summed E-state index contributed by atoms with van der Waals surface area (Å²) in [6.45, 7) is 6.85. The van der Waals surface area contributed by atoms with Crippen molar-refractivity contribution in [3.05, 3.63) is 40.0 Å². The summed E-state index contributed by atoms with van der Waals surface area (Å²) in [5, 5.41) is 14.1. The fraction of sp³-hybridized carbons (Fsp3) is 0.480. The highest BCUT2D eigenvalue weighted by molar-refractivity contribution is 7.19. The van der Waals surface area contributed by atoms with Gasteiger partial charge in [0.25, 0.3) is 5.91 Å². The second kappa shape index (κ2) is 11.8. The Morgan fingerprint density at radius 3 is 2.74 bits per heavy atom. The molecule has 0 aromatic carbocycles. The molecule has 0 bridgehead atoms. The van der Waals surface area contributed by atoms with Crippen LogP contribution in [-0.4, -0.2) is 87.5 Å². The van der Waals surface area contributed by atoms with Crippen molar-refractivity contribution in [2.24, 2.45) is 0 Å². The molecule has 0 unspecified atom stereocenters. The number of amides is 3. The highest BCUT2D eigenvalue weighted by atomic mass is 35.5. The lowest BCUT2D eigenvalue weighted by atomic mass is 10.0. The number of nitrogens with zero attached hydrogens (tertiary/aromatic N) is 5. The molecular weight excluding hydrogens is 546 g/mol. The van der Waals surface area contributed by atoms with Gasteiger partial charge in [-0.15, -0.1) is 16.4 Å². The molecule has 0 aliphatic carbocycles. The third-order valence-corrected chi connectivity index (χ3v) is 8.01. The first-order valence-electron chi connectivity index (χ1n) is 12.8. The summed E-state index contributed by atoms with van der Waals surface area (Å²) in [6, 6.07) is 7.22. The smallest absolute Gasteiger partial charge is 0.390 e. The number of hydrogen-bond donors (Lipinski definition) is 2. The number of rotatable bonds is 7. The van der Waals surface area contributed by atoms with Crippen LogP contribution in [0.25, 0.3) is 10.6 Å². The van der Waals surface area contributed by atoms with E-state index in [4.69, 9.17) is 20.9 Å². The van der Waals surface area contributed by atoms with Gasteiger partial charge in [0.2, 0.25) is 11.8 Å². The molecule has 3 aromatic rings. The van der Waals surface area contributed by atoms with Crippen LogP contribution in [0.3, 0.4) is 0 Å². The summed E-state index contributed by atoms with van der Waals surface area (Å²) in [6.07, 6.45) is 1.02. The average Bonchev–Trinajstić information content (AvgIpc) is 3.64. The molecule has 3 aromatic heterocycles. The van der Waals surface area contributed by atoms with Gasteiger partial charge in [0.1, 0.15) is 11.4 Å². The number of thiophene rings is 1. The summed E-state index contributed by atoms with van der Waals surface area (Å²) in [4.78, 5) is 42.5. The van der Waals surface area contributed by atoms with Crippen LogP contribution in [0.2, 0.25) is 4.34 Å². The first-order valence-corrected chi connectivity index (χ1v) is 14.0. The van der Waals surface area contributed by atoms with Crippen LogP contribution in [0.1, 0.15) is 42.9 Å². The number of piperidine rings is 1. The molecule has 0 spiro atoms. The summed E-state index contributed by atoms with van der Waals surface area (Å²) in [7, 11) is 0. The van der Waals surface area contributed by atoms with Crippen molar-refractivity contribution in [2.45, 2.75) is 45.3 Å². The van der Waals surface area contributed by atoms with E-state index in [1.165, 1.54) is 27.0 Å². The fourth-order valence-corrected chi connectivity index (χ4v) is 5.65. The number of likely N-dealkylation sites (tertiary alicyclic amines) is 1. The van der Waals surface area contributed by atoms with Crippen LogP contribution in [0.4, 0.5) is 4.79 Å². The van der Waals surface area contributed by atoms with E-state index in [-0.39, 0.29) is 36.6 Å². The Labute approximate surface area is 234 Å². The summed E-state index contributed by atoms with van der Waals surface area (Å²) in [5.41, 5.74) is 0.678. The SMILES string of the molecule is CC(C)N1CCC(NC(=O)Oc2cc(C(=O)N3CCNC(=O)C3)n(Cc3cc(-c4ccc(Cl)s4)on3)n2)CC1. The molecule has 2 N–H and O–H groups in total. The van der Waals surface area contributed by atoms with Crippen molar-refractivity contribution in [2.75, 3.05) is 32.7 Å². The molecule has 2 aliphatic rings. The van der Waals surface area contributed by atoms with E-state index >= 15 is 0 Å². The number of ether oxygens (including phenoxy) is 1. The molecule has 5 heterocycles. The second-order valence-corrected chi connectivity index (χ2v) is 11.5. The third-order valence-electron chi connectivity index (χ3n) is 6.77. The Morgan fingerprint density at radius 2 is 2.05 bits per heavy atom. The number of halogens is 1. The first-order chi connectivity index (χ1) is 18.7. The number of piperazine rings is 1. The van der Waals surface area contributed by atoms with Gasteiger partial charge in [-0.3, -0.25) is 9.59 Å². The van der Waals surface area contributed by atoms with Crippen molar-refractivity contribution in [1.82, 2.24) is 35.4 Å². The van der Waals surface area contributed by atoms with Gasteiger partial charge in [0.05, 0.1) is 22.3 Å². The van der Waals surface area contributed by atoms with E-state index in [0.717, 1.165) is 30.8 Å². The molecule has 208 valence electrons. The minimum Gasteiger partial charge on any atom is -0.390 e. The van der Waals surface area contributed by atoms with Crippen LogP contribution in [0, 0.1) is 0 Å². The van der Waals surface area contributed by atoms with Gasteiger partial charge < -0.3 is 29.7 Å². The van der Waals surface area contributed by atoms with Crippen molar-refractivity contribution < 1.29 is 23.6 Å². The maximum absolute atomic E-state index is 13.4. The van der Waals surface area contributed by atoms with E-state index in [1.54, 1.807) is 12.1 Å². The summed E-state index contributed by atoms with van der Waals surface area (Å²) in [5.74, 6) is -0.127. The number of aromatic nitrogens is 3. The number of carbonyl (C=O) groups is 3. The van der Waals surface area contributed by atoms with Gasteiger partial charge in [0, 0.05) is 50.4 Å². The molecule has 39 heavy (non-hydrogen) atoms. The van der Waals surface area contributed by atoms with Gasteiger partial charge >= 0.3 is 6.09 Å². The maximum Gasteiger partial charge on any atom is 0.414 e. The maximum atomic E-state index is 13.4. The third kappa shape index (κ3) is 6.60. The van der Waals surface area contributed by atoms with Crippen molar-refractivity contribution >= 4 is 40.8 Å². The van der Waals surface area contributed by atoms with Gasteiger partial charge in [0.15, 0.2) is 5.76 Å².